The van der Waals surface area contributed by atoms with Gasteiger partial charge in [-0.3, -0.25) is 4.79 Å². The Labute approximate surface area is 245 Å². The SMILES string of the molecule is CC(C)(C)OC(=O)C[C@H](O[Si](C)(C)C(C)(C)C)[C@@H]1O[C@H]1CCO[Si](c1ccccc1)(c1ccccc1)C(C)(C)C. The second-order valence-corrected chi connectivity index (χ2v) is 23.7. The van der Waals surface area contributed by atoms with E-state index in [1.165, 1.54) is 10.4 Å². The van der Waals surface area contributed by atoms with E-state index < -0.39 is 22.2 Å². The molecule has 5 nitrogen and oxygen atoms in total. The number of rotatable bonds is 11. The summed E-state index contributed by atoms with van der Waals surface area (Å²) >= 11 is 0. The van der Waals surface area contributed by atoms with Crippen molar-refractivity contribution in [3.8, 4) is 0 Å². The Balaban J connectivity index is 1.79. The topological polar surface area (TPSA) is 57.3 Å². The van der Waals surface area contributed by atoms with Crippen LogP contribution in [-0.2, 0) is 23.1 Å². The number of esters is 1. The van der Waals surface area contributed by atoms with Gasteiger partial charge in [0, 0.05) is 6.61 Å². The molecule has 1 fully saturated rings. The Hall–Kier alpha value is -1.78. The van der Waals surface area contributed by atoms with Crippen molar-refractivity contribution in [3.05, 3.63) is 60.7 Å². The molecule has 0 saturated carbocycles. The van der Waals surface area contributed by atoms with E-state index in [0.29, 0.717) is 6.61 Å². The number of carbonyl (C=O) groups excluding carboxylic acids is 1. The first-order chi connectivity index (χ1) is 18.4. The van der Waals surface area contributed by atoms with Crippen molar-refractivity contribution < 1.29 is 23.1 Å². The molecular formula is C33H52O5Si2. The zero-order chi connectivity index (χ0) is 30.0. The predicted octanol–water partition coefficient (Wildman–Crippen LogP) is 6.84. The van der Waals surface area contributed by atoms with Crippen molar-refractivity contribution in [2.24, 2.45) is 0 Å². The van der Waals surface area contributed by atoms with E-state index >= 15 is 0 Å². The first kappa shape index (κ1) is 32.7. The molecule has 0 N–H and O–H groups in total. The minimum Gasteiger partial charge on any atom is -0.460 e. The van der Waals surface area contributed by atoms with Gasteiger partial charge in [-0.1, -0.05) is 102 Å². The first-order valence-electron chi connectivity index (χ1n) is 14.7. The fraction of sp³-hybridized carbons (Fsp3) is 0.606. The Morgan fingerprint density at radius 2 is 1.32 bits per heavy atom. The van der Waals surface area contributed by atoms with Crippen LogP contribution in [0.25, 0.3) is 0 Å². The van der Waals surface area contributed by atoms with Crippen LogP contribution in [0, 0.1) is 0 Å². The molecule has 0 spiro atoms. The van der Waals surface area contributed by atoms with Gasteiger partial charge in [0.25, 0.3) is 8.32 Å². The van der Waals surface area contributed by atoms with Crippen LogP contribution in [0.1, 0.15) is 75.2 Å². The highest BCUT2D eigenvalue weighted by Crippen LogP contribution is 2.42. The van der Waals surface area contributed by atoms with Gasteiger partial charge < -0.3 is 18.3 Å². The molecule has 0 bridgehead atoms. The molecule has 222 valence electrons. The number of hydrogen-bond donors (Lipinski definition) is 0. The number of carbonyl (C=O) groups is 1. The molecule has 3 rings (SSSR count). The minimum atomic E-state index is -2.61. The monoisotopic (exact) mass is 584 g/mol. The molecule has 1 heterocycles. The van der Waals surface area contributed by atoms with E-state index in [2.05, 4.69) is 115 Å². The summed E-state index contributed by atoms with van der Waals surface area (Å²) in [5.41, 5.74) is -0.536. The van der Waals surface area contributed by atoms with Crippen LogP contribution in [0.3, 0.4) is 0 Å². The smallest absolute Gasteiger partial charge is 0.308 e. The molecule has 1 aliphatic rings. The average molecular weight is 585 g/mol. The molecule has 0 unspecified atom stereocenters. The van der Waals surface area contributed by atoms with E-state index in [0.717, 1.165) is 6.42 Å². The number of epoxide rings is 1. The zero-order valence-corrected chi connectivity index (χ0v) is 28.7. The lowest BCUT2D eigenvalue weighted by Crippen LogP contribution is -2.66. The van der Waals surface area contributed by atoms with E-state index in [1.54, 1.807) is 0 Å². The fourth-order valence-electron chi connectivity index (χ4n) is 5.13. The molecule has 1 saturated heterocycles. The van der Waals surface area contributed by atoms with Gasteiger partial charge in [-0.25, -0.2) is 0 Å². The Morgan fingerprint density at radius 3 is 1.75 bits per heavy atom. The summed E-state index contributed by atoms with van der Waals surface area (Å²) in [4.78, 5) is 12.9. The quantitative estimate of drug-likeness (QED) is 0.164. The lowest BCUT2D eigenvalue weighted by atomic mass is 10.1. The lowest BCUT2D eigenvalue weighted by molar-refractivity contribution is -0.157. The molecule has 1 aliphatic heterocycles. The van der Waals surface area contributed by atoms with Crippen molar-refractivity contribution in [2.75, 3.05) is 6.61 Å². The van der Waals surface area contributed by atoms with Crippen LogP contribution in [0.15, 0.2) is 60.7 Å². The van der Waals surface area contributed by atoms with Crippen LogP contribution in [-0.4, -0.2) is 53.1 Å². The molecule has 0 aromatic heterocycles. The summed E-state index contributed by atoms with van der Waals surface area (Å²) in [5.74, 6) is -0.242. The van der Waals surface area contributed by atoms with Gasteiger partial charge >= 0.3 is 5.97 Å². The van der Waals surface area contributed by atoms with Gasteiger partial charge in [0.05, 0.1) is 18.6 Å². The summed E-state index contributed by atoms with van der Waals surface area (Å²) in [6.45, 7) is 24.2. The largest absolute Gasteiger partial charge is 0.460 e. The van der Waals surface area contributed by atoms with Crippen molar-refractivity contribution in [1.82, 2.24) is 0 Å². The minimum absolute atomic E-state index is 0.00424. The standard InChI is InChI=1S/C33H52O5Si2/c1-31(2,3)37-29(34)24-28(38-39(10,11)32(4,5)6)30-27(36-30)22-23-35-40(33(7,8)9,25-18-14-12-15-19-25)26-20-16-13-17-21-26/h12-21,27-28,30H,22-24H2,1-11H3/t27-,28-,30+/m0/s1. The van der Waals surface area contributed by atoms with Gasteiger partial charge in [0.2, 0.25) is 0 Å². The van der Waals surface area contributed by atoms with Crippen molar-refractivity contribution in [2.45, 2.75) is 122 Å². The fourth-order valence-corrected chi connectivity index (χ4v) is 11.0. The lowest BCUT2D eigenvalue weighted by Gasteiger charge is -2.43. The Bertz CT molecular complexity index is 1060. The summed E-state index contributed by atoms with van der Waals surface area (Å²) in [6, 6.07) is 21.4. The molecule has 0 amide bonds. The van der Waals surface area contributed by atoms with Crippen LogP contribution >= 0.6 is 0 Å². The van der Waals surface area contributed by atoms with Gasteiger partial charge in [-0.2, -0.15) is 0 Å². The third-order valence-electron chi connectivity index (χ3n) is 8.17. The number of benzene rings is 2. The van der Waals surface area contributed by atoms with Crippen LogP contribution in [0.4, 0.5) is 0 Å². The van der Waals surface area contributed by atoms with Crippen LogP contribution < -0.4 is 10.4 Å². The highest BCUT2D eigenvalue weighted by atomic mass is 28.4. The summed E-state index contributed by atoms with van der Waals surface area (Å²) in [6.07, 6.45) is 0.481. The van der Waals surface area contributed by atoms with E-state index in [1.807, 2.05) is 20.8 Å². The van der Waals surface area contributed by atoms with E-state index in [4.69, 9.17) is 18.3 Å². The van der Waals surface area contributed by atoms with Crippen molar-refractivity contribution in [1.29, 1.82) is 0 Å². The number of hydrogen-bond acceptors (Lipinski definition) is 5. The van der Waals surface area contributed by atoms with Crippen LogP contribution in [0.2, 0.25) is 23.2 Å². The van der Waals surface area contributed by atoms with Gasteiger partial charge in [-0.15, -0.1) is 0 Å². The van der Waals surface area contributed by atoms with E-state index in [-0.39, 0.29) is 40.8 Å². The normalized spacial score (nSPS) is 19.3. The number of ether oxygens (including phenoxy) is 2. The maximum atomic E-state index is 12.9. The third kappa shape index (κ3) is 7.94. The molecule has 2 aromatic carbocycles. The van der Waals surface area contributed by atoms with Crippen LogP contribution in [0.5, 0.6) is 0 Å². The molecule has 40 heavy (non-hydrogen) atoms. The highest BCUT2D eigenvalue weighted by molar-refractivity contribution is 6.99. The maximum Gasteiger partial charge on any atom is 0.308 e. The predicted molar refractivity (Wildman–Crippen MR) is 169 cm³/mol. The molecule has 3 atom stereocenters. The molecule has 0 radical (unpaired) electrons. The van der Waals surface area contributed by atoms with Gasteiger partial charge in [0.15, 0.2) is 8.32 Å². The molecule has 7 heteroatoms. The molecule has 0 aliphatic carbocycles. The van der Waals surface area contributed by atoms with Crippen molar-refractivity contribution >= 4 is 33.0 Å². The second-order valence-electron chi connectivity index (χ2n) is 14.6. The maximum absolute atomic E-state index is 12.9. The molecular weight excluding hydrogens is 533 g/mol. The first-order valence-corrected chi connectivity index (χ1v) is 19.5. The zero-order valence-electron chi connectivity index (χ0n) is 26.7. The van der Waals surface area contributed by atoms with Crippen molar-refractivity contribution in [3.63, 3.8) is 0 Å². The second kappa shape index (κ2) is 12.2. The Kier molecular flexibility index (Phi) is 10.00. The summed E-state index contributed by atoms with van der Waals surface area (Å²) in [7, 11) is -4.74. The van der Waals surface area contributed by atoms with Gasteiger partial charge in [0.1, 0.15) is 11.7 Å². The molecule has 2 aromatic rings. The summed E-state index contributed by atoms with van der Waals surface area (Å²) in [5, 5.41) is 2.48. The van der Waals surface area contributed by atoms with E-state index in [9.17, 15) is 4.79 Å². The Morgan fingerprint density at radius 1 is 0.825 bits per heavy atom. The van der Waals surface area contributed by atoms with Gasteiger partial charge in [-0.05, 0) is 60.7 Å². The highest BCUT2D eigenvalue weighted by Gasteiger charge is 2.52. The average Bonchev–Trinajstić information content (AvgIpc) is 3.59. The third-order valence-corrected chi connectivity index (χ3v) is 17.7. The summed E-state index contributed by atoms with van der Waals surface area (Å²) < 4.78 is 25.7.